The van der Waals surface area contributed by atoms with Gasteiger partial charge in [-0.1, -0.05) is 0 Å². The van der Waals surface area contributed by atoms with E-state index in [2.05, 4.69) is 31.5 Å². The minimum atomic E-state index is -0.728. The van der Waals surface area contributed by atoms with Gasteiger partial charge in [-0.15, -0.1) is 0 Å². The van der Waals surface area contributed by atoms with Crippen LogP contribution in [0.1, 0.15) is 46.5 Å². The fraction of sp³-hybridized carbons (Fsp3) is 0.632. The van der Waals surface area contributed by atoms with E-state index in [4.69, 9.17) is 4.74 Å². The maximum atomic E-state index is 13.7. The van der Waals surface area contributed by atoms with Gasteiger partial charge in [0.05, 0.1) is 4.47 Å². The molecule has 2 amide bonds. The molecule has 2 saturated carbocycles. The number of amides is 2. The highest BCUT2D eigenvalue weighted by Crippen LogP contribution is 2.50. The summed E-state index contributed by atoms with van der Waals surface area (Å²) in [4.78, 5) is 29.0. The minimum Gasteiger partial charge on any atom is -0.444 e. The monoisotopic (exact) mass is 441 g/mol. The van der Waals surface area contributed by atoms with E-state index in [0.717, 1.165) is 25.7 Å². The highest BCUT2D eigenvalue weighted by atomic mass is 79.9. The average Bonchev–Trinajstić information content (AvgIpc) is 3.42. The first-order chi connectivity index (χ1) is 12.6. The van der Waals surface area contributed by atoms with Gasteiger partial charge in [0.1, 0.15) is 17.5 Å². The second-order valence-corrected chi connectivity index (χ2v) is 9.19. The fourth-order valence-corrected chi connectivity index (χ4v) is 3.57. The summed E-state index contributed by atoms with van der Waals surface area (Å²) in [6.07, 6.45) is 3.63. The van der Waals surface area contributed by atoms with Gasteiger partial charge < -0.3 is 15.4 Å². The van der Waals surface area contributed by atoms with E-state index in [-0.39, 0.29) is 22.1 Å². The number of hydrogen-bond donors (Lipinski definition) is 2. The molecule has 2 aliphatic carbocycles. The van der Waals surface area contributed by atoms with Gasteiger partial charge in [0, 0.05) is 0 Å². The number of carbonyl (C=O) groups excluding carboxylic acids is 2. The van der Waals surface area contributed by atoms with Crippen molar-refractivity contribution in [3.8, 4) is 0 Å². The molecule has 1 aromatic rings. The highest BCUT2D eigenvalue weighted by molar-refractivity contribution is 9.10. The first-order valence-electron chi connectivity index (χ1n) is 9.26. The van der Waals surface area contributed by atoms with Crippen LogP contribution in [0.5, 0.6) is 0 Å². The van der Waals surface area contributed by atoms with Crippen molar-refractivity contribution in [3.05, 3.63) is 22.6 Å². The Kier molecular flexibility index (Phi) is 5.74. The standard InChI is InChI=1S/C19H25BrFN3O3/c1-19(2,3)27-18(26)24-15(14(10-4-5-10)11-6-7-11)17(25)23-13-9-8-12(20)16(21)22-13/h8-11,14-15H,4-7H2,1-3H3,(H,24,26)(H,22,23,25). The van der Waals surface area contributed by atoms with Crippen LogP contribution in [-0.4, -0.2) is 28.6 Å². The second kappa shape index (κ2) is 7.73. The number of ether oxygens (including phenoxy) is 1. The molecule has 2 aliphatic rings. The zero-order chi connectivity index (χ0) is 19.8. The predicted octanol–water partition coefficient (Wildman–Crippen LogP) is 4.25. The third-order valence-corrected chi connectivity index (χ3v) is 5.32. The number of carbonyl (C=O) groups is 2. The van der Waals surface area contributed by atoms with Crippen LogP contribution in [-0.2, 0) is 9.53 Å². The van der Waals surface area contributed by atoms with Gasteiger partial charge >= 0.3 is 6.09 Å². The van der Waals surface area contributed by atoms with Gasteiger partial charge in [0.15, 0.2) is 0 Å². The van der Waals surface area contributed by atoms with Crippen LogP contribution in [0.2, 0.25) is 0 Å². The topological polar surface area (TPSA) is 80.3 Å². The molecule has 0 saturated heterocycles. The summed E-state index contributed by atoms with van der Waals surface area (Å²) in [5, 5.41) is 5.40. The molecule has 6 nitrogen and oxygen atoms in total. The van der Waals surface area contributed by atoms with Gasteiger partial charge in [-0.2, -0.15) is 4.39 Å². The number of rotatable bonds is 6. The van der Waals surface area contributed by atoms with Crippen molar-refractivity contribution in [3.63, 3.8) is 0 Å². The summed E-state index contributed by atoms with van der Waals surface area (Å²) < 4.78 is 19.2. The van der Waals surface area contributed by atoms with Crippen molar-refractivity contribution in [2.45, 2.75) is 58.1 Å². The normalized spacial score (nSPS) is 18.1. The molecular formula is C19H25BrFN3O3. The Bertz CT molecular complexity index is 717. The van der Waals surface area contributed by atoms with Crippen molar-refractivity contribution in [2.75, 3.05) is 5.32 Å². The maximum Gasteiger partial charge on any atom is 0.408 e. The number of pyridine rings is 1. The Balaban J connectivity index is 1.76. The zero-order valence-electron chi connectivity index (χ0n) is 15.7. The summed E-state index contributed by atoms with van der Waals surface area (Å²) in [6, 6.07) is 2.26. The molecule has 1 aromatic heterocycles. The quantitative estimate of drug-likeness (QED) is 0.646. The van der Waals surface area contributed by atoms with E-state index in [0.29, 0.717) is 11.8 Å². The molecule has 27 heavy (non-hydrogen) atoms. The molecule has 1 atom stereocenters. The first-order valence-corrected chi connectivity index (χ1v) is 10.1. The molecular weight excluding hydrogens is 417 g/mol. The Morgan fingerprint density at radius 2 is 1.81 bits per heavy atom. The molecule has 2 fully saturated rings. The van der Waals surface area contributed by atoms with Crippen LogP contribution >= 0.6 is 15.9 Å². The molecule has 1 heterocycles. The molecule has 8 heteroatoms. The number of aromatic nitrogens is 1. The van der Waals surface area contributed by atoms with E-state index in [1.54, 1.807) is 20.8 Å². The van der Waals surface area contributed by atoms with Gasteiger partial charge in [-0.05, 0) is 92.3 Å². The molecule has 148 valence electrons. The lowest BCUT2D eigenvalue weighted by Crippen LogP contribution is -2.51. The van der Waals surface area contributed by atoms with Crippen molar-refractivity contribution < 1.29 is 18.7 Å². The van der Waals surface area contributed by atoms with Gasteiger partial charge in [0.2, 0.25) is 11.9 Å². The molecule has 0 aromatic carbocycles. The lowest BCUT2D eigenvalue weighted by atomic mass is 9.89. The van der Waals surface area contributed by atoms with Gasteiger partial charge in [-0.3, -0.25) is 4.79 Å². The SMILES string of the molecule is CC(C)(C)OC(=O)NC(C(=O)Nc1ccc(Br)c(F)n1)C(C1CC1)C1CC1. The maximum absolute atomic E-state index is 13.7. The Hall–Kier alpha value is -1.70. The lowest BCUT2D eigenvalue weighted by molar-refractivity contribution is -0.120. The van der Waals surface area contributed by atoms with Crippen molar-refractivity contribution >= 4 is 33.7 Å². The van der Waals surface area contributed by atoms with Crippen LogP contribution in [0.25, 0.3) is 0 Å². The molecule has 2 N–H and O–H groups in total. The smallest absolute Gasteiger partial charge is 0.408 e. The summed E-state index contributed by atoms with van der Waals surface area (Å²) in [5.41, 5.74) is -0.657. The third kappa shape index (κ3) is 5.64. The van der Waals surface area contributed by atoms with Gasteiger partial charge in [-0.25, -0.2) is 9.78 Å². The largest absolute Gasteiger partial charge is 0.444 e. The minimum absolute atomic E-state index is 0.0674. The molecule has 1 unspecified atom stereocenters. The van der Waals surface area contributed by atoms with Crippen molar-refractivity contribution in [1.82, 2.24) is 10.3 Å². The third-order valence-electron chi connectivity index (χ3n) is 4.73. The number of anilines is 1. The summed E-state index contributed by atoms with van der Waals surface area (Å²) >= 11 is 3.04. The van der Waals surface area contributed by atoms with Crippen LogP contribution in [0.4, 0.5) is 15.0 Å². The molecule has 0 aliphatic heterocycles. The molecule has 3 rings (SSSR count). The molecule has 0 radical (unpaired) electrons. The van der Waals surface area contributed by atoms with Crippen molar-refractivity contribution in [2.24, 2.45) is 17.8 Å². The van der Waals surface area contributed by atoms with Gasteiger partial charge in [0.25, 0.3) is 0 Å². The van der Waals surface area contributed by atoms with Crippen LogP contribution in [0, 0.1) is 23.7 Å². The number of hydrogen-bond acceptors (Lipinski definition) is 4. The lowest BCUT2D eigenvalue weighted by Gasteiger charge is -2.28. The highest BCUT2D eigenvalue weighted by Gasteiger charge is 2.48. The summed E-state index contributed by atoms with van der Waals surface area (Å²) in [7, 11) is 0. The summed E-state index contributed by atoms with van der Waals surface area (Å²) in [5.74, 6) is -0.0558. The average molecular weight is 442 g/mol. The zero-order valence-corrected chi connectivity index (χ0v) is 17.3. The fourth-order valence-electron chi connectivity index (χ4n) is 3.35. The first kappa shape index (κ1) is 20.0. The van der Waals surface area contributed by atoms with E-state index in [1.165, 1.54) is 12.1 Å². The van der Waals surface area contributed by atoms with E-state index in [9.17, 15) is 14.0 Å². The van der Waals surface area contributed by atoms with Crippen LogP contribution in [0.15, 0.2) is 16.6 Å². The Labute approximate surface area is 166 Å². The number of nitrogens with one attached hydrogen (secondary N) is 2. The van der Waals surface area contributed by atoms with Crippen LogP contribution in [0.3, 0.4) is 0 Å². The van der Waals surface area contributed by atoms with E-state index in [1.807, 2.05) is 0 Å². The Morgan fingerprint density at radius 1 is 1.22 bits per heavy atom. The molecule has 0 spiro atoms. The van der Waals surface area contributed by atoms with Crippen LogP contribution < -0.4 is 10.6 Å². The van der Waals surface area contributed by atoms with E-state index >= 15 is 0 Å². The predicted molar refractivity (Wildman–Crippen MR) is 103 cm³/mol. The van der Waals surface area contributed by atoms with Crippen molar-refractivity contribution in [1.29, 1.82) is 0 Å². The summed E-state index contributed by atoms with van der Waals surface area (Å²) in [6.45, 7) is 5.32. The Morgan fingerprint density at radius 3 is 2.30 bits per heavy atom. The van der Waals surface area contributed by atoms with E-state index < -0.39 is 23.7 Å². The number of alkyl carbamates (subject to hydrolysis) is 1. The molecule has 0 bridgehead atoms. The number of halogens is 2. The number of nitrogens with zero attached hydrogens (tertiary/aromatic N) is 1. The second-order valence-electron chi connectivity index (χ2n) is 8.33.